The second-order valence-electron chi connectivity index (χ2n) is 7.45. The Morgan fingerprint density at radius 1 is 1.29 bits per heavy atom. The molecule has 0 atom stereocenters. The van der Waals surface area contributed by atoms with E-state index in [-0.39, 0.29) is 11.3 Å². The van der Waals surface area contributed by atoms with Gasteiger partial charge in [0, 0.05) is 17.2 Å². The minimum Gasteiger partial charge on any atom is -0.334 e. The Balaban J connectivity index is 2.32. The molecule has 0 aliphatic heterocycles. The summed E-state index contributed by atoms with van der Waals surface area (Å²) in [6, 6.07) is 6.76. The van der Waals surface area contributed by atoms with Gasteiger partial charge < -0.3 is 5.32 Å². The number of benzene rings is 1. The quantitative estimate of drug-likeness (QED) is 0.673. The van der Waals surface area contributed by atoms with Crippen molar-refractivity contribution in [2.45, 2.75) is 63.8 Å². The smallest absolute Gasteiger partial charge is 0.273 e. The van der Waals surface area contributed by atoms with E-state index in [2.05, 4.69) is 11.4 Å². The number of nitrogens with one attached hydrogen (secondary N) is 1. The van der Waals surface area contributed by atoms with E-state index in [1.165, 1.54) is 6.07 Å². The van der Waals surface area contributed by atoms with Crippen LogP contribution in [0.2, 0.25) is 0 Å². The molecular formula is C18H23N3O3. The average Bonchev–Trinajstić information content (AvgIpc) is 2.54. The lowest BCUT2D eigenvalue weighted by Gasteiger charge is -2.31. The maximum Gasteiger partial charge on any atom is 0.273 e. The van der Waals surface area contributed by atoms with Crippen molar-refractivity contribution in [3.8, 4) is 6.07 Å². The van der Waals surface area contributed by atoms with E-state index in [4.69, 9.17) is 0 Å². The van der Waals surface area contributed by atoms with Crippen molar-refractivity contribution in [2.24, 2.45) is 0 Å². The fourth-order valence-corrected chi connectivity index (χ4v) is 3.17. The molecule has 0 aromatic heterocycles. The second-order valence-corrected chi connectivity index (χ2v) is 7.45. The van der Waals surface area contributed by atoms with Gasteiger partial charge in [0.1, 0.15) is 5.54 Å². The Morgan fingerprint density at radius 3 is 2.42 bits per heavy atom. The lowest BCUT2D eigenvalue weighted by atomic mass is 9.82. The average molecular weight is 329 g/mol. The highest BCUT2D eigenvalue weighted by Gasteiger charge is 2.34. The van der Waals surface area contributed by atoms with Gasteiger partial charge in [-0.05, 0) is 24.3 Å². The maximum absolute atomic E-state index is 12.5. The van der Waals surface area contributed by atoms with E-state index in [1.807, 2.05) is 20.8 Å². The lowest BCUT2D eigenvalue weighted by molar-refractivity contribution is -0.386. The number of nitriles is 1. The van der Waals surface area contributed by atoms with Gasteiger partial charge in [0.15, 0.2) is 0 Å². The van der Waals surface area contributed by atoms with Crippen LogP contribution in [0.4, 0.5) is 5.69 Å². The normalized spacial score (nSPS) is 16.9. The molecular weight excluding hydrogens is 306 g/mol. The molecule has 0 radical (unpaired) electrons. The molecule has 1 fully saturated rings. The molecule has 6 heteroatoms. The van der Waals surface area contributed by atoms with Crippen LogP contribution in [0.15, 0.2) is 18.2 Å². The summed E-state index contributed by atoms with van der Waals surface area (Å²) in [6.45, 7) is 5.67. The van der Waals surface area contributed by atoms with Crippen molar-refractivity contribution < 1.29 is 9.72 Å². The highest BCUT2D eigenvalue weighted by atomic mass is 16.6. The summed E-state index contributed by atoms with van der Waals surface area (Å²) >= 11 is 0. The Morgan fingerprint density at radius 2 is 1.92 bits per heavy atom. The number of amides is 1. The van der Waals surface area contributed by atoms with Crippen molar-refractivity contribution in [1.29, 1.82) is 5.26 Å². The summed E-state index contributed by atoms with van der Waals surface area (Å²) in [7, 11) is 0. The van der Waals surface area contributed by atoms with Gasteiger partial charge in [0.05, 0.1) is 11.0 Å². The van der Waals surface area contributed by atoms with Gasteiger partial charge in [-0.3, -0.25) is 14.9 Å². The first-order valence-electron chi connectivity index (χ1n) is 8.21. The third-order valence-corrected chi connectivity index (χ3v) is 4.54. The number of hydrogen-bond donors (Lipinski definition) is 1. The van der Waals surface area contributed by atoms with E-state index >= 15 is 0 Å². The Hall–Kier alpha value is -2.42. The predicted octanol–water partition coefficient (Wildman–Crippen LogP) is 3.85. The topological polar surface area (TPSA) is 96.0 Å². The second kappa shape index (κ2) is 6.60. The highest BCUT2D eigenvalue weighted by molar-refractivity contribution is 5.95. The number of rotatable bonds is 3. The largest absolute Gasteiger partial charge is 0.334 e. The van der Waals surface area contributed by atoms with Crippen LogP contribution in [0.3, 0.4) is 0 Å². The number of nitrogens with zero attached hydrogens (tertiary/aromatic N) is 2. The van der Waals surface area contributed by atoms with Crippen LogP contribution in [-0.2, 0) is 5.41 Å². The standard InChI is InChI=1S/C18H23N3O3/c1-17(2,3)14-8-7-13(11-15(14)21(23)24)16(22)20-18(12-19)9-5-4-6-10-18/h7-8,11H,4-6,9-10H2,1-3H3,(H,20,22). The minimum atomic E-state index is -0.854. The number of nitro groups is 1. The molecule has 0 heterocycles. The van der Waals surface area contributed by atoms with E-state index in [0.29, 0.717) is 18.4 Å². The number of hydrogen-bond acceptors (Lipinski definition) is 4. The summed E-state index contributed by atoms with van der Waals surface area (Å²) in [4.78, 5) is 23.4. The zero-order chi connectivity index (χ0) is 18.0. The first-order valence-corrected chi connectivity index (χ1v) is 8.21. The fraction of sp³-hybridized carbons (Fsp3) is 0.556. The van der Waals surface area contributed by atoms with E-state index in [9.17, 15) is 20.2 Å². The van der Waals surface area contributed by atoms with Crippen LogP contribution in [-0.4, -0.2) is 16.4 Å². The molecule has 1 aliphatic rings. The van der Waals surface area contributed by atoms with Gasteiger partial charge in [-0.25, -0.2) is 0 Å². The molecule has 0 spiro atoms. The molecule has 0 saturated heterocycles. The first kappa shape index (κ1) is 17.9. The molecule has 0 bridgehead atoms. The molecule has 6 nitrogen and oxygen atoms in total. The Labute approximate surface area is 142 Å². The van der Waals surface area contributed by atoms with Gasteiger partial charge >= 0.3 is 0 Å². The van der Waals surface area contributed by atoms with Gasteiger partial charge in [0.25, 0.3) is 11.6 Å². The van der Waals surface area contributed by atoms with E-state index < -0.39 is 21.8 Å². The van der Waals surface area contributed by atoms with Crippen LogP contribution in [0.1, 0.15) is 68.8 Å². The summed E-state index contributed by atoms with van der Waals surface area (Å²) in [5.74, 6) is -0.429. The molecule has 1 aliphatic carbocycles. The predicted molar refractivity (Wildman–Crippen MR) is 90.7 cm³/mol. The van der Waals surface area contributed by atoms with Gasteiger partial charge in [-0.15, -0.1) is 0 Å². The number of carbonyl (C=O) groups is 1. The summed E-state index contributed by atoms with van der Waals surface area (Å²) in [6.07, 6.45) is 4.10. The monoisotopic (exact) mass is 329 g/mol. The van der Waals surface area contributed by atoms with Crippen LogP contribution in [0, 0.1) is 21.4 Å². The van der Waals surface area contributed by atoms with Crippen LogP contribution in [0.25, 0.3) is 0 Å². The molecule has 1 N–H and O–H groups in total. The van der Waals surface area contributed by atoms with Crippen LogP contribution in [0.5, 0.6) is 0 Å². The van der Waals surface area contributed by atoms with Crippen molar-refractivity contribution in [1.82, 2.24) is 5.32 Å². The summed E-state index contributed by atoms with van der Waals surface area (Å²) < 4.78 is 0. The molecule has 1 aromatic rings. The fourth-order valence-electron chi connectivity index (χ4n) is 3.17. The molecule has 1 saturated carbocycles. The summed E-state index contributed by atoms with van der Waals surface area (Å²) in [5.41, 5.74) is -0.516. The van der Waals surface area contributed by atoms with Gasteiger partial charge in [-0.2, -0.15) is 5.26 Å². The highest BCUT2D eigenvalue weighted by Crippen LogP contribution is 2.32. The van der Waals surface area contributed by atoms with Crippen LogP contribution < -0.4 is 5.32 Å². The molecule has 1 amide bonds. The maximum atomic E-state index is 12.5. The van der Waals surface area contributed by atoms with Crippen LogP contribution >= 0.6 is 0 Å². The SMILES string of the molecule is CC(C)(C)c1ccc(C(=O)NC2(C#N)CCCCC2)cc1[N+](=O)[O-]. The zero-order valence-electron chi connectivity index (χ0n) is 14.4. The first-order chi connectivity index (χ1) is 11.2. The van der Waals surface area contributed by atoms with Crippen molar-refractivity contribution in [3.63, 3.8) is 0 Å². The third-order valence-electron chi connectivity index (χ3n) is 4.54. The lowest BCUT2D eigenvalue weighted by Crippen LogP contribution is -2.48. The minimum absolute atomic E-state index is 0.0650. The molecule has 0 unspecified atom stereocenters. The van der Waals surface area contributed by atoms with E-state index in [1.54, 1.807) is 12.1 Å². The summed E-state index contributed by atoms with van der Waals surface area (Å²) in [5, 5.41) is 23.6. The van der Waals surface area contributed by atoms with Crippen molar-refractivity contribution in [3.05, 3.63) is 39.4 Å². The van der Waals surface area contributed by atoms with E-state index in [0.717, 1.165) is 19.3 Å². The number of carbonyl (C=O) groups excluding carboxylic acids is 1. The number of nitro benzene ring substituents is 1. The van der Waals surface area contributed by atoms with Crippen molar-refractivity contribution in [2.75, 3.05) is 0 Å². The van der Waals surface area contributed by atoms with Gasteiger partial charge in [0.2, 0.25) is 0 Å². The molecule has 1 aromatic carbocycles. The van der Waals surface area contributed by atoms with Crippen molar-refractivity contribution >= 4 is 11.6 Å². The molecule has 128 valence electrons. The molecule has 2 rings (SSSR count). The Bertz CT molecular complexity index is 692. The third kappa shape index (κ3) is 3.73. The molecule has 24 heavy (non-hydrogen) atoms. The zero-order valence-corrected chi connectivity index (χ0v) is 14.4. The van der Waals surface area contributed by atoms with Gasteiger partial charge in [-0.1, -0.05) is 46.1 Å². The Kier molecular flexibility index (Phi) is 4.93.